The molecule has 1 saturated carbocycles. The third-order valence-corrected chi connectivity index (χ3v) is 10.1. The molecule has 0 N–H and O–H groups in total. The lowest BCUT2D eigenvalue weighted by atomic mass is 9.92. The van der Waals surface area contributed by atoms with Crippen molar-refractivity contribution in [2.24, 2.45) is 0 Å². The second-order valence-electron chi connectivity index (χ2n) is 14.0. The predicted molar refractivity (Wildman–Crippen MR) is 205 cm³/mol. The van der Waals surface area contributed by atoms with Crippen LogP contribution in [0, 0.1) is 0 Å². The Kier molecular flexibility index (Phi) is 15.8. The van der Waals surface area contributed by atoms with Crippen LogP contribution in [0.25, 0.3) is 0 Å². The summed E-state index contributed by atoms with van der Waals surface area (Å²) in [6.45, 7) is 9.98. The molecule has 0 unspecified atom stereocenters. The molecule has 1 aliphatic carbocycles. The van der Waals surface area contributed by atoms with Gasteiger partial charge in [-0.2, -0.15) is 0 Å². The summed E-state index contributed by atoms with van der Waals surface area (Å²) in [4.78, 5) is 55.9. The number of anilines is 2. The Morgan fingerprint density at radius 1 is 0.811 bits per heavy atom. The molecule has 2 aliphatic heterocycles. The number of hydrogen-bond acceptors (Lipinski definition) is 9. The number of fused-ring (bicyclic) bond motifs is 2. The summed E-state index contributed by atoms with van der Waals surface area (Å²) in [5.41, 5.74) is 2.07. The van der Waals surface area contributed by atoms with E-state index >= 15 is 0 Å². The first-order chi connectivity index (χ1) is 25.4. The molecule has 0 radical (unpaired) electrons. The SMILES string of the molecule is COCCCCN1C(=O)[C@@H](C)Oc2cc(Cl)c(C(=O)N(C(C)C)C3CCCCC3)cc21.COCCCCN1C(=O)[C@@H](C)Oc2ccc(C(=O)OC)cc21. The van der Waals surface area contributed by atoms with E-state index in [-0.39, 0.29) is 29.8 Å². The number of methoxy groups -OCH3 is 3. The maximum atomic E-state index is 13.6. The van der Waals surface area contributed by atoms with Gasteiger partial charge in [-0.05, 0) is 90.5 Å². The van der Waals surface area contributed by atoms with Crippen molar-refractivity contribution < 1.29 is 42.9 Å². The minimum Gasteiger partial charge on any atom is -0.479 e. The molecule has 12 nitrogen and oxygen atoms in total. The lowest BCUT2D eigenvalue weighted by Gasteiger charge is -2.38. The molecular weight excluding hydrogens is 702 g/mol. The highest BCUT2D eigenvalue weighted by Crippen LogP contribution is 2.40. The van der Waals surface area contributed by atoms with Crippen LogP contribution >= 0.6 is 11.6 Å². The summed E-state index contributed by atoms with van der Waals surface area (Å²) in [6.07, 6.45) is 7.80. The molecule has 292 valence electrons. The second-order valence-corrected chi connectivity index (χ2v) is 14.4. The van der Waals surface area contributed by atoms with Crippen LogP contribution in [-0.4, -0.2) is 101 Å². The largest absolute Gasteiger partial charge is 0.479 e. The van der Waals surface area contributed by atoms with Gasteiger partial charge in [0.25, 0.3) is 17.7 Å². The first-order valence-electron chi connectivity index (χ1n) is 18.8. The maximum absolute atomic E-state index is 13.6. The van der Waals surface area contributed by atoms with E-state index in [0.717, 1.165) is 51.4 Å². The molecule has 0 bridgehead atoms. The monoisotopic (exact) mass is 757 g/mol. The van der Waals surface area contributed by atoms with Crippen molar-refractivity contribution in [1.29, 1.82) is 0 Å². The van der Waals surface area contributed by atoms with E-state index in [0.29, 0.717) is 65.3 Å². The average molecular weight is 758 g/mol. The fourth-order valence-corrected chi connectivity index (χ4v) is 7.29. The molecule has 0 saturated heterocycles. The van der Waals surface area contributed by atoms with Crippen LogP contribution in [0.4, 0.5) is 11.4 Å². The number of unbranched alkanes of at least 4 members (excludes halogenated alkanes) is 2. The van der Waals surface area contributed by atoms with Crippen LogP contribution in [0.1, 0.15) is 106 Å². The number of carbonyl (C=O) groups is 4. The second kappa shape index (κ2) is 20.0. The quantitative estimate of drug-likeness (QED) is 0.147. The topological polar surface area (TPSA) is 124 Å². The van der Waals surface area contributed by atoms with Gasteiger partial charge in [0.2, 0.25) is 0 Å². The van der Waals surface area contributed by atoms with Crippen molar-refractivity contribution in [3.05, 3.63) is 46.5 Å². The normalized spacial score (nSPS) is 18.4. The zero-order valence-electron chi connectivity index (χ0n) is 32.3. The van der Waals surface area contributed by atoms with Gasteiger partial charge in [0, 0.05) is 58.7 Å². The van der Waals surface area contributed by atoms with Crippen molar-refractivity contribution in [3.8, 4) is 11.5 Å². The van der Waals surface area contributed by atoms with Gasteiger partial charge in [-0.3, -0.25) is 14.4 Å². The Hall–Kier alpha value is -3.87. The number of carbonyl (C=O) groups excluding carboxylic acids is 4. The van der Waals surface area contributed by atoms with E-state index in [2.05, 4.69) is 13.8 Å². The highest BCUT2D eigenvalue weighted by Gasteiger charge is 2.36. The van der Waals surface area contributed by atoms with Crippen molar-refractivity contribution >= 4 is 46.7 Å². The van der Waals surface area contributed by atoms with Gasteiger partial charge in [0.1, 0.15) is 11.5 Å². The van der Waals surface area contributed by atoms with Crippen molar-refractivity contribution in [1.82, 2.24) is 4.90 Å². The summed E-state index contributed by atoms with van der Waals surface area (Å²) in [6, 6.07) is 8.72. The first-order valence-corrected chi connectivity index (χ1v) is 19.1. The summed E-state index contributed by atoms with van der Waals surface area (Å²) in [7, 11) is 4.65. The zero-order chi connectivity index (χ0) is 38.7. The van der Waals surface area contributed by atoms with Gasteiger partial charge in [-0.25, -0.2) is 4.79 Å². The molecular formula is C40H56ClN3O9. The van der Waals surface area contributed by atoms with Crippen LogP contribution in [0.2, 0.25) is 5.02 Å². The number of hydrogen-bond donors (Lipinski definition) is 0. The van der Waals surface area contributed by atoms with E-state index in [1.807, 2.05) is 4.90 Å². The summed E-state index contributed by atoms with van der Waals surface area (Å²) in [5, 5.41) is 0.367. The highest BCUT2D eigenvalue weighted by molar-refractivity contribution is 6.34. The van der Waals surface area contributed by atoms with Crippen molar-refractivity contribution in [3.63, 3.8) is 0 Å². The smallest absolute Gasteiger partial charge is 0.337 e. The average Bonchev–Trinajstić information content (AvgIpc) is 3.14. The van der Waals surface area contributed by atoms with Crippen LogP contribution in [0.5, 0.6) is 11.5 Å². The Morgan fingerprint density at radius 3 is 1.89 bits per heavy atom. The highest BCUT2D eigenvalue weighted by atomic mass is 35.5. The summed E-state index contributed by atoms with van der Waals surface area (Å²) < 4.78 is 26.3. The predicted octanol–water partition coefficient (Wildman–Crippen LogP) is 7.08. The number of rotatable bonds is 14. The zero-order valence-corrected chi connectivity index (χ0v) is 33.0. The van der Waals surface area contributed by atoms with Gasteiger partial charge >= 0.3 is 5.97 Å². The molecule has 0 aromatic heterocycles. The first kappa shape index (κ1) is 41.9. The minimum absolute atomic E-state index is 0.0693. The number of esters is 1. The molecule has 2 atom stereocenters. The van der Waals surface area contributed by atoms with Crippen molar-refractivity contribution in [2.45, 2.75) is 110 Å². The minimum atomic E-state index is -0.582. The van der Waals surface area contributed by atoms with Gasteiger partial charge in [0.15, 0.2) is 12.2 Å². The molecule has 3 amide bonds. The summed E-state index contributed by atoms with van der Waals surface area (Å²) in [5.74, 6) is 0.444. The molecule has 53 heavy (non-hydrogen) atoms. The van der Waals surface area contributed by atoms with Crippen LogP contribution in [0.15, 0.2) is 30.3 Å². The molecule has 2 heterocycles. The number of amides is 3. The van der Waals surface area contributed by atoms with E-state index < -0.39 is 18.2 Å². The fraction of sp³-hybridized carbons (Fsp3) is 0.600. The third-order valence-electron chi connectivity index (χ3n) is 9.80. The van der Waals surface area contributed by atoms with Crippen LogP contribution in [0.3, 0.4) is 0 Å². The molecule has 5 rings (SSSR count). The van der Waals surface area contributed by atoms with Gasteiger partial charge in [-0.1, -0.05) is 30.9 Å². The number of ether oxygens (including phenoxy) is 5. The molecule has 13 heteroatoms. The lowest BCUT2D eigenvalue weighted by molar-refractivity contribution is -0.126. The van der Waals surface area contributed by atoms with E-state index in [4.69, 9.17) is 35.3 Å². The van der Waals surface area contributed by atoms with E-state index in [9.17, 15) is 19.2 Å². The summed E-state index contributed by atoms with van der Waals surface area (Å²) >= 11 is 6.57. The van der Waals surface area contributed by atoms with E-state index in [1.54, 1.807) is 68.2 Å². The molecule has 2 aromatic rings. The number of nitrogens with zero attached hydrogens (tertiary/aromatic N) is 3. The van der Waals surface area contributed by atoms with Gasteiger partial charge < -0.3 is 38.4 Å². The Labute approximate surface area is 318 Å². The van der Waals surface area contributed by atoms with Crippen molar-refractivity contribution in [2.75, 3.05) is 57.4 Å². The van der Waals surface area contributed by atoms with Crippen LogP contribution < -0.4 is 19.3 Å². The Morgan fingerprint density at radius 2 is 1.36 bits per heavy atom. The number of benzene rings is 2. The maximum Gasteiger partial charge on any atom is 0.337 e. The molecule has 2 aromatic carbocycles. The molecule has 1 fully saturated rings. The fourth-order valence-electron chi connectivity index (χ4n) is 7.06. The standard InChI is InChI=1S/C24H35ClN2O4.C16H21NO5/c1-16(2)27(18-10-6-5-7-11-18)24(29)19-14-21-22(15-20(19)25)31-17(3)23(28)26(21)12-8-9-13-30-4;1-11-15(18)17(8-4-5-9-20-2)13-10-12(16(19)21-3)6-7-14(13)22-11/h14-18H,5-13H2,1-4H3;6-7,10-11H,4-5,8-9H2,1-3H3/t17-;11-/m11/s1. The lowest BCUT2D eigenvalue weighted by Crippen LogP contribution is -2.46. The van der Waals surface area contributed by atoms with Gasteiger partial charge in [0.05, 0.1) is 34.6 Å². The Bertz CT molecular complexity index is 1580. The number of halogens is 1. The molecule has 0 spiro atoms. The van der Waals surface area contributed by atoms with E-state index in [1.165, 1.54) is 13.5 Å². The van der Waals surface area contributed by atoms with Crippen LogP contribution in [-0.2, 0) is 23.8 Å². The molecule has 3 aliphatic rings. The Balaban J connectivity index is 0.000000251. The third kappa shape index (κ3) is 10.4. The van der Waals surface area contributed by atoms with Gasteiger partial charge in [-0.15, -0.1) is 0 Å².